The van der Waals surface area contributed by atoms with Gasteiger partial charge in [0.15, 0.2) is 5.78 Å². The van der Waals surface area contributed by atoms with E-state index in [-0.39, 0.29) is 5.78 Å². The average Bonchev–Trinajstić information content (AvgIpc) is 3.18. The number of hydrogen-bond acceptors (Lipinski definition) is 6. The first kappa shape index (κ1) is 22.9. The Kier molecular flexibility index (Phi) is 6.78. The number of fused-ring (bicyclic) bond motifs is 1. The van der Waals surface area contributed by atoms with E-state index in [1.807, 2.05) is 13.0 Å². The van der Waals surface area contributed by atoms with Crippen molar-refractivity contribution in [2.75, 3.05) is 13.7 Å². The first-order valence-electron chi connectivity index (χ1n) is 10.8. The minimum Gasteiger partial charge on any atom is -0.497 e. The number of furan rings is 1. The molecule has 0 unspecified atom stereocenters. The van der Waals surface area contributed by atoms with E-state index >= 15 is 0 Å². The molecule has 0 atom stereocenters. The lowest BCUT2D eigenvalue weighted by Crippen LogP contribution is -2.09. The highest BCUT2D eigenvalue weighted by atomic mass is 16.5. The molecule has 0 radical (unpaired) electrons. The van der Waals surface area contributed by atoms with Gasteiger partial charge in [0.1, 0.15) is 34.2 Å². The third-order valence-corrected chi connectivity index (χ3v) is 5.22. The lowest BCUT2D eigenvalue weighted by Gasteiger charge is -2.06. The molecule has 3 aromatic carbocycles. The molecule has 0 bridgehead atoms. The van der Waals surface area contributed by atoms with Crippen LogP contribution < -0.4 is 14.2 Å². The van der Waals surface area contributed by atoms with Crippen LogP contribution in [0.3, 0.4) is 0 Å². The maximum Gasteiger partial charge on any atom is 0.347 e. The summed E-state index contributed by atoms with van der Waals surface area (Å²) in [6, 6.07) is 19.2. The number of hydrogen-bond donors (Lipinski definition) is 0. The Morgan fingerprint density at radius 1 is 0.941 bits per heavy atom. The molecule has 0 spiro atoms. The van der Waals surface area contributed by atoms with E-state index < -0.39 is 5.97 Å². The Morgan fingerprint density at radius 2 is 1.71 bits per heavy atom. The van der Waals surface area contributed by atoms with E-state index in [9.17, 15) is 9.59 Å². The van der Waals surface area contributed by atoms with Crippen LogP contribution in [0.15, 0.2) is 77.2 Å². The quantitative estimate of drug-likeness (QED) is 0.135. The summed E-state index contributed by atoms with van der Waals surface area (Å²) in [6.45, 7) is 4.14. The summed E-state index contributed by atoms with van der Waals surface area (Å²) in [4.78, 5) is 25.4. The predicted octanol–water partition coefficient (Wildman–Crippen LogP) is 6.26. The molecule has 6 nitrogen and oxygen atoms in total. The lowest BCUT2D eigenvalue weighted by atomic mass is 10.1. The van der Waals surface area contributed by atoms with Gasteiger partial charge in [-0.15, -0.1) is 0 Å². The van der Waals surface area contributed by atoms with E-state index in [0.717, 1.165) is 5.56 Å². The zero-order chi connectivity index (χ0) is 24.1. The summed E-state index contributed by atoms with van der Waals surface area (Å²) in [7, 11) is 1.57. The fourth-order valence-corrected chi connectivity index (χ4v) is 3.57. The fourth-order valence-electron chi connectivity index (χ4n) is 3.57. The second-order valence-electron chi connectivity index (χ2n) is 7.51. The van der Waals surface area contributed by atoms with Gasteiger partial charge in [-0.2, -0.15) is 0 Å². The Hall–Kier alpha value is -4.32. The molecule has 1 heterocycles. The summed E-state index contributed by atoms with van der Waals surface area (Å²) in [5, 5.41) is 0.634. The van der Waals surface area contributed by atoms with Crippen LogP contribution in [0.4, 0.5) is 0 Å². The van der Waals surface area contributed by atoms with Gasteiger partial charge in [-0.1, -0.05) is 18.2 Å². The van der Waals surface area contributed by atoms with Crippen molar-refractivity contribution in [3.63, 3.8) is 0 Å². The monoisotopic (exact) mass is 456 g/mol. The van der Waals surface area contributed by atoms with Crippen molar-refractivity contribution >= 4 is 28.8 Å². The molecule has 0 amide bonds. The molecule has 0 saturated carbocycles. The van der Waals surface area contributed by atoms with Crippen LogP contribution in [0, 0.1) is 6.92 Å². The number of allylic oxidation sites excluding steroid dienone is 1. The number of carbonyl (C=O) groups is 2. The van der Waals surface area contributed by atoms with Gasteiger partial charge in [0.25, 0.3) is 0 Å². The van der Waals surface area contributed by atoms with Crippen molar-refractivity contribution in [2.45, 2.75) is 13.8 Å². The molecule has 4 rings (SSSR count). The minimum absolute atomic E-state index is 0.143. The van der Waals surface area contributed by atoms with Crippen LogP contribution in [0.5, 0.6) is 17.2 Å². The van der Waals surface area contributed by atoms with Gasteiger partial charge in [0.2, 0.25) is 0 Å². The number of carbonyl (C=O) groups excluding carboxylic acids is 2. The van der Waals surface area contributed by atoms with E-state index in [2.05, 4.69) is 0 Å². The second-order valence-corrected chi connectivity index (χ2v) is 7.51. The molecule has 1 aromatic heterocycles. The summed E-state index contributed by atoms with van der Waals surface area (Å²) < 4.78 is 22.0. The van der Waals surface area contributed by atoms with Gasteiger partial charge in [-0.25, -0.2) is 4.79 Å². The van der Waals surface area contributed by atoms with Gasteiger partial charge >= 0.3 is 5.97 Å². The van der Waals surface area contributed by atoms with Crippen LogP contribution >= 0.6 is 0 Å². The Morgan fingerprint density at radius 3 is 2.44 bits per heavy atom. The molecule has 0 N–H and O–H groups in total. The standard InChI is InChI=1S/C28H24O6/c1-4-32-22-13-15-26-24(17-22)27(18(2)33-26)28(30)34-23-7-5-6-19(16-23)8-14-25(29)20-9-11-21(31-3)12-10-20/h5-17H,4H2,1-3H3/b14-8+. The molecule has 34 heavy (non-hydrogen) atoms. The number of ketones is 1. The first-order valence-corrected chi connectivity index (χ1v) is 10.8. The summed E-state index contributed by atoms with van der Waals surface area (Å²) in [5.74, 6) is 1.49. The third kappa shape index (κ3) is 5.02. The Labute approximate surface area is 197 Å². The average molecular weight is 456 g/mol. The van der Waals surface area contributed by atoms with Gasteiger partial charge in [0, 0.05) is 10.9 Å². The van der Waals surface area contributed by atoms with E-state index in [0.29, 0.717) is 51.7 Å². The summed E-state index contributed by atoms with van der Waals surface area (Å²) >= 11 is 0. The van der Waals surface area contributed by atoms with Crippen molar-refractivity contribution in [3.8, 4) is 17.2 Å². The predicted molar refractivity (Wildman–Crippen MR) is 130 cm³/mol. The lowest BCUT2D eigenvalue weighted by molar-refractivity contribution is 0.0734. The number of benzene rings is 3. The highest BCUT2D eigenvalue weighted by molar-refractivity contribution is 6.07. The van der Waals surface area contributed by atoms with Crippen LogP contribution in [0.1, 0.15) is 39.0 Å². The molecule has 0 aliphatic heterocycles. The van der Waals surface area contributed by atoms with Gasteiger partial charge < -0.3 is 18.6 Å². The third-order valence-electron chi connectivity index (χ3n) is 5.22. The highest BCUT2D eigenvalue weighted by Gasteiger charge is 2.21. The molecule has 0 aliphatic carbocycles. The van der Waals surface area contributed by atoms with Crippen molar-refractivity contribution in [1.82, 2.24) is 0 Å². The summed E-state index contributed by atoms with van der Waals surface area (Å²) in [6.07, 6.45) is 3.16. The van der Waals surface area contributed by atoms with Gasteiger partial charge in [0.05, 0.1) is 13.7 Å². The fraction of sp³-hybridized carbons (Fsp3) is 0.143. The summed E-state index contributed by atoms with van der Waals surface area (Å²) in [5.41, 5.74) is 2.21. The first-order chi connectivity index (χ1) is 16.5. The van der Waals surface area contributed by atoms with Gasteiger partial charge in [-0.05, 0) is 80.1 Å². The van der Waals surface area contributed by atoms with Crippen LogP contribution in [0.2, 0.25) is 0 Å². The van der Waals surface area contributed by atoms with Gasteiger partial charge in [-0.3, -0.25) is 4.79 Å². The molecule has 0 fully saturated rings. The van der Waals surface area contributed by atoms with Crippen LogP contribution in [-0.2, 0) is 0 Å². The van der Waals surface area contributed by atoms with Crippen LogP contribution in [0.25, 0.3) is 17.0 Å². The van der Waals surface area contributed by atoms with Crippen molar-refractivity contribution in [1.29, 1.82) is 0 Å². The second kappa shape index (κ2) is 10.1. The zero-order valence-electron chi connectivity index (χ0n) is 19.2. The molecular weight excluding hydrogens is 432 g/mol. The molecular formula is C28H24O6. The van der Waals surface area contributed by atoms with Crippen molar-refractivity contribution in [2.24, 2.45) is 0 Å². The number of rotatable bonds is 8. The zero-order valence-corrected chi connectivity index (χ0v) is 19.2. The highest BCUT2D eigenvalue weighted by Crippen LogP contribution is 2.30. The van der Waals surface area contributed by atoms with Crippen LogP contribution in [-0.4, -0.2) is 25.5 Å². The Balaban J connectivity index is 1.51. The smallest absolute Gasteiger partial charge is 0.347 e. The molecule has 172 valence electrons. The van der Waals surface area contributed by atoms with E-state index in [1.165, 1.54) is 6.08 Å². The maximum absolute atomic E-state index is 13.0. The van der Waals surface area contributed by atoms with Crippen molar-refractivity contribution in [3.05, 3.63) is 95.3 Å². The minimum atomic E-state index is -0.527. The van der Waals surface area contributed by atoms with E-state index in [1.54, 1.807) is 80.8 Å². The number of esters is 1. The molecule has 0 aliphatic rings. The topological polar surface area (TPSA) is 75.0 Å². The van der Waals surface area contributed by atoms with E-state index in [4.69, 9.17) is 18.6 Å². The number of methoxy groups -OCH3 is 1. The Bertz CT molecular complexity index is 1360. The number of aryl methyl sites for hydroxylation is 1. The molecule has 6 heteroatoms. The SMILES string of the molecule is CCOc1ccc2oc(C)c(C(=O)Oc3cccc(/C=C/C(=O)c4ccc(OC)cc4)c3)c2c1. The normalized spacial score (nSPS) is 11.0. The van der Waals surface area contributed by atoms with Crippen molar-refractivity contribution < 1.29 is 28.2 Å². The largest absolute Gasteiger partial charge is 0.497 e. The maximum atomic E-state index is 13.0. The molecule has 4 aromatic rings. The number of ether oxygens (including phenoxy) is 3. The molecule has 0 saturated heterocycles.